The molecule has 136 valence electrons. The lowest BCUT2D eigenvalue weighted by atomic mass is 9.97. The van der Waals surface area contributed by atoms with Crippen molar-refractivity contribution in [1.29, 1.82) is 0 Å². The third-order valence-electron chi connectivity index (χ3n) is 4.36. The highest BCUT2D eigenvalue weighted by Gasteiger charge is 2.09. The Morgan fingerprint density at radius 1 is 1.23 bits per heavy atom. The number of nitrogens with one attached hydrogen (secondary N) is 2. The van der Waals surface area contributed by atoms with E-state index in [0.29, 0.717) is 22.9 Å². The molecular formula is C20H24N4O2. The first kappa shape index (κ1) is 17.9. The van der Waals surface area contributed by atoms with Crippen molar-refractivity contribution in [3.63, 3.8) is 0 Å². The third kappa shape index (κ3) is 5.05. The van der Waals surface area contributed by atoms with Gasteiger partial charge < -0.3 is 15.4 Å². The lowest BCUT2D eigenvalue weighted by molar-refractivity contribution is 0.102. The van der Waals surface area contributed by atoms with Gasteiger partial charge in [0, 0.05) is 30.7 Å². The van der Waals surface area contributed by atoms with Gasteiger partial charge in [0.05, 0.1) is 12.7 Å². The summed E-state index contributed by atoms with van der Waals surface area (Å²) in [6.07, 6.45) is 11.4. The Bertz CT molecular complexity index is 772. The van der Waals surface area contributed by atoms with Crippen LogP contribution < -0.4 is 15.4 Å². The molecule has 0 unspecified atom stereocenters. The van der Waals surface area contributed by atoms with Crippen molar-refractivity contribution in [3.8, 4) is 5.75 Å². The summed E-state index contributed by atoms with van der Waals surface area (Å²) in [5.41, 5.74) is 2.59. The summed E-state index contributed by atoms with van der Waals surface area (Å²) in [4.78, 5) is 20.7. The second-order valence-corrected chi connectivity index (χ2v) is 6.27. The van der Waals surface area contributed by atoms with Crippen LogP contribution >= 0.6 is 0 Å². The lowest BCUT2D eigenvalue weighted by Gasteiger charge is -2.12. The van der Waals surface area contributed by atoms with Crippen LogP contribution in [0.2, 0.25) is 0 Å². The van der Waals surface area contributed by atoms with Gasteiger partial charge in [-0.3, -0.25) is 4.79 Å². The predicted octanol–water partition coefficient (Wildman–Crippen LogP) is 4.04. The summed E-state index contributed by atoms with van der Waals surface area (Å²) < 4.78 is 5.15. The maximum Gasteiger partial charge on any atom is 0.258 e. The lowest BCUT2D eigenvalue weighted by Crippen LogP contribution is -2.14. The number of hydrogen-bond donors (Lipinski definition) is 2. The van der Waals surface area contributed by atoms with E-state index in [4.69, 9.17) is 4.74 Å². The van der Waals surface area contributed by atoms with Crippen LogP contribution in [0.15, 0.2) is 48.3 Å². The smallest absolute Gasteiger partial charge is 0.258 e. The van der Waals surface area contributed by atoms with Crippen LogP contribution in [0.25, 0.3) is 0 Å². The molecule has 0 bridgehead atoms. The van der Waals surface area contributed by atoms with E-state index in [-0.39, 0.29) is 5.91 Å². The molecule has 1 aromatic carbocycles. The van der Waals surface area contributed by atoms with Crippen molar-refractivity contribution >= 4 is 17.5 Å². The molecule has 6 nitrogen and oxygen atoms in total. The maximum atomic E-state index is 12.3. The first-order chi connectivity index (χ1) is 12.7. The Labute approximate surface area is 153 Å². The SMILES string of the molecule is COc1cccc(NC(=O)c2cnc(NCCC3=CCCCC3)nc2)c1. The van der Waals surface area contributed by atoms with Crippen LogP contribution in [0.1, 0.15) is 42.5 Å². The van der Waals surface area contributed by atoms with Gasteiger partial charge in [-0.2, -0.15) is 0 Å². The molecule has 0 fully saturated rings. The van der Waals surface area contributed by atoms with Crippen LogP contribution in [0.4, 0.5) is 11.6 Å². The summed E-state index contributed by atoms with van der Waals surface area (Å²) in [6.45, 7) is 0.807. The Kier molecular flexibility index (Phi) is 6.19. The topological polar surface area (TPSA) is 76.1 Å². The van der Waals surface area contributed by atoms with E-state index >= 15 is 0 Å². The largest absolute Gasteiger partial charge is 0.497 e. The number of allylic oxidation sites excluding steroid dienone is 1. The number of amides is 1. The number of ether oxygens (including phenoxy) is 1. The number of hydrogen-bond acceptors (Lipinski definition) is 5. The average Bonchev–Trinajstić information content (AvgIpc) is 2.69. The maximum absolute atomic E-state index is 12.3. The van der Waals surface area contributed by atoms with Gasteiger partial charge in [-0.15, -0.1) is 0 Å². The molecule has 1 heterocycles. The van der Waals surface area contributed by atoms with E-state index in [1.807, 2.05) is 12.1 Å². The summed E-state index contributed by atoms with van der Waals surface area (Å²) in [6, 6.07) is 7.20. The molecule has 2 aromatic rings. The Morgan fingerprint density at radius 2 is 2.08 bits per heavy atom. The van der Waals surface area contributed by atoms with E-state index in [1.165, 1.54) is 43.7 Å². The van der Waals surface area contributed by atoms with Crippen LogP contribution in [0.5, 0.6) is 5.75 Å². The highest BCUT2D eigenvalue weighted by molar-refractivity contribution is 6.03. The standard InChI is InChI=1S/C20H24N4O2/c1-26-18-9-5-8-17(12-18)24-19(25)16-13-22-20(23-14-16)21-11-10-15-6-3-2-4-7-15/h5-6,8-9,12-14H,2-4,7,10-11H2,1H3,(H,24,25)(H,21,22,23). The normalized spacial score (nSPS) is 13.7. The molecule has 6 heteroatoms. The fourth-order valence-corrected chi connectivity index (χ4v) is 2.91. The van der Waals surface area contributed by atoms with E-state index in [9.17, 15) is 4.79 Å². The fraction of sp³-hybridized carbons (Fsp3) is 0.350. The number of methoxy groups -OCH3 is 1. The van der Waals surface area contributed by atoms with Gasteiger partial charge in [-0.1, -0.05) is 17.7 Å². The second kappa shape index (κ2) is 8.99. The van der Waals surface area contributed by atoms with Gasteiger partial charge in [0.25, 0.3) is 5.91 Å². The van der Waals surface area contributed by atoms with Crippen molar-refractivity contribution in [2.45, 2.75) is 32.1 Å². The van der Waals surface area contributed by atoms with Crippen molar-refractivity contribution in [2.75, 3.05) is 24.3 Å². The van der Waals surface area contributed by atoms with Crippen LogP contribution in [-0.2, 0) is 0 Å². The van der Waals surface area contributed by atoms with Crippen molar-refractivity contribution in [1.82, 2.24) is 9.97 Å². The summed E-state index contributed by atoms with van der Waals surface area (Å²) in [5, 5.41) is 6.02. The molecule has 0 saturated heterocycles. The van der Waals surface area contributed by atoms with Crippen molar-refractivity contribution in [3.05, 3.63) is 53.9 Å². The quantitative estimate of drug-likeness (QED) is 0.736. The zero-order valence-corrected chi connectivity index (χ0v) is 15.0. The molecule has 0 aliphatic heterocycles. The van der Waals surface area contributed by atoms with Crippen LogP contribution in [-0.4, -0.2) is 29.5 Å². The highest BCUT2D eigenvalue weighted by atomic mass is 16.5. The van der Waals surface area contributed by atoms with E-state index in [1.54, 1.807) is 19.2 Å². The molecule has 1 aliphatic carbocycles. The number of carbonyl (C=O) groups is 1. The first-order valence-corrected chi connectivity index (χ1v) is 8.94. The molecule has 2 N–H and O–H groups in total. The van der Waals surface area contributed by atoms with Gasteiger partial charge in [0.1, 0.15) is 5.75 Å². The minimum absolute atomic E-state index is 0.253. The Hall–Kier alpha value is -2.89. The molecule has 1 aromatic heterocycles. The van der Waals surface area contributed by atoms with Gasteiger partial charge in [0.2, 0.25) is 5.95 Å². The second-order valence-electron chi connectivity index (χ2n) is 6.27. The summed E-state index contributed by atoms with van der Waals surface area (Å²) in [7, 11) is 1.59. The molecule has 3 rings (SSSR count). The number of nitrogens with zero attached hydrogens (tertiary/aromatic N) is 2. The average molecular weight is 352 g/mol. The fourth-order valence-electron chi connectivity index (χ4n) is 2.91. The molecule has 26 heavy (non-hydrogen) atoms. The number of benzene rings is 1. The highest BCUT2D eigenvalue weighted by Crippen LogP contribution is 2.20. The number of anilines is 2. The van der Waals surface area contributed by atoms with E-state index in [2.05, 4.69) is 26.7 Å². The third-order valence-corrected chi connectivity index (χ3v) is 4.36. The Morgan fingerprint density at radius 3 is 2.81 bits per heavy atom. The monoisotopic (exact) mass is 352 g/mol. The molecule has 0 radical (unpaired) electrons. The Balaban J connectivity index is 1.51. The molecule has 0 saturated carbocycles. The zero-order chi connectivity index (χ0) is 18.2. The van der Waals surface area contributed by atoms with E-state index < -0.39 is 0 Å². The summed E-state index contributed by atoms with van der Waals surface area (Å²) >= 11 is 0. The molecule has 0 atom stereocenters. The minimum Gasteiger partial charge on any atom is -0.497 e. The molecule has 1 amide bonds. The minimum atomic E-state index is -0.253. The van der Waals surface area contributed by atoms with Crippen LogP contribution in [0.3, 0.4) is 0 Å². The molecular weight excluding hydrogens is 328 g/mol. The van der Waals surface area contributed by atoms with Gasteiger partial charge in [-0.25, -0.2) is 9.97 Å². The van der Waals surface area contributed by atoms with Crippen molar-refractivity contribution in [2.24, 2.45) is 0 Å². The van der Waals surface area contributed by atoms with Crippen LogP contribution in [0, 0.1) is 0 Å². The summed E-state index contributed by atoms with van der Waals surface area (Å²) in [5.74, 6) is 0.975. The zero-order valence-electron chi connectivity index (χ0n) is 15.0. The van der Waals surface area contributed by atoms with Gasteiger partial charge in [-0.05, 0) is 44.2 Å². The number of carbonyl (C=O) groups excluding carboxylic acids is 1. The van der Waals surface area contributed by atoms with E-state index in [0.717, 1.165) is 13.0 Å². The molecule has 1 aliphatic rings. The number of aromatic nitrogens is 2. The van der Waals surface area contributed by atoms with Gasteiger partial charge in [0.15, 0.2) is 0 Å². The first-order valence-electron chi connectivity index (χ1n) is 8.94. The molecule has 0 spiro atoms. The van der Waals surface area contributed by atoms with Gasteiger partial charge >= 0.3 is 0 Å². The number of rotatable bonds is 7. The van der Waals surface area contributed by atoms with Crippen molar-refractivity contribution < 1.29 is 9.53 Å². The predicted molar refractivity (Wildman–Crippen MR) is 103 cm³/mol.